The highest BCUT2D eigenvalue weighted by atomic mass is 16.3. The van der Waals surface area contributed by atoms with Gasteiger partial charge in [-0.2, -0.15) is 0 Å². The minimum Gasteiger partial charge on any atom is -0.468 e. The highest BCUT2D eigenvalue weighted by molar-refractivity contribution is 5.05. The van der Waals surface area contributed by atoms with Gasteiger partial charge in [0.05, 0.1) is 12.3 Å². The summed E-state index contributed by atoms with van der Waals surface area (Å²) in [4.78, 5) is 2.23. The van der Waals surface area contributed by atoms with Crippen LogP contribution in [0, 0.1) is 5.92 Å². The van der Waals surface area contributed by atoms with E-state index in [0.717, 1.165) is 18.2 Å². The van der Waals surface area contributed by atoms with Gasteiger partial charge in [0.15, 0.2) is 0 Å². The SMILES string of the molecule is CCC1CCCC(NCC(c2ccco2)N(C)C)CC1. The van der Waals surface area contributed by atoms with Gasteiger partial charge in [-0.3, -0.25) is 4.90 Å². The van der Waals surface area contributed by atoms with Crippen LogP contribution in [0.5, 0.6) is 0 Å². The molecule has 3 nitrogen and oxygen atoms in total. The first kappa shape index (κ1) is 15.6. The monoisotopic (exact) mass is 278 g/mol. The molecule has 3 atom stereocenters. The molecule has 114 valence electrons. The standard InChI is InChI=1S/C17H30N2O/c1-4-14-7-5-8-15(11-10-14)18-13-16(19(2)3)17-9-6-12-20-17/h6,9,12,14-16,18H,4-5,7-8,10-11,13H2,1-3H3. The minimum absolute atomic E-state index is 0.329. The molecular weight excluding hydrogens is 248 g/mol. The van der Waals surface area contributed by atoms with Crippen molar-refractivity contribution < 1.29 is 4.42 Å². The van der Waals surface area contributed by atoms with Crippen molar-refractivity contribution in [3.05, 3.63) is 24.2 Å². The Kier molecular flexibility index (Phi) is 6.11. The molecule has 0 aliphatic heterocycles. The Morgan fingerprint density at radius 3 is 2.80 bits per heavy atom. The van der Waals surface area contributed by atoms with E-state index in [1.54, 1.807) is 6.26 Å². The highest BCUT2D eigenvalue weighted by Gasteiger charge is 2.21. The van der Waals surface area contributed by atoms with Crippen molar-refractivity contribution in [2.45, 2.75) is 57.5 Å². The van der Waals surface area contributed by atoms with Gasteiger partial charge in [0.2, 0.25) is 0 Å². The van der Waals surface area contributed by atoms with Gasteiger partial charge in [0.25, 0.3) is 0 Å². The normalized spacial score (nSPS) is 25.6. The summed E-state index contributed by atoms with van der Waals surface area (Å²) in [5, 5.41) is 3.77. The second kappa shape index (κ2) is 7.84. The number of nitrogens with one attached hydrogen (secondary N) is 1. The third-order valence-corrected chi connectivity index (χ3v) is 4.76. The van der Waals surface area contributed by atoms with Crippen LogP contribution in [0.1, 0.15) is 57.3 Å². The zero-order valence-corrected chi connectivity index (χ0v) is 13.3. The maximum Gasteiger partial charge on any atom is 0.122 e. The average molecular weight is 278 g/mol. The summed E-state index contributed by atoms with van der Waals surface area (Å²) in [6.07, 6.45) is 9.96. The van der Waals surface area contributed by atoms with E-state index in [1.165, 1.54) is 38.5 Å². The van der Waals surface area contributed by atoms with E-state index in [9.17, 15) is 0 Å². The van der Waals surface area contributed by atoms with E-state index >= 15 is 0 Å². The van der Waals surface area contributed by atoms with Gasteiger partial charge in [0, 0.05) is 12.6 Å². The van der Waals surface area contributed by atoms with Crippen LogP contribution in [0.3, 0.4) is 0 Å². The number of furan rings is 1. The molecule has 0 bridgehead atoms. The maximum absolute atomic E-state index is 5.57. The molecule has 1 heterocycles. The fourth-order valence-electron chi connectivity index (χ4n) is 3.29. The molecule has 0 aromatic carbocycles. The molecule has 0 saturated heterocycles. The second-order valence-corrected chi connectivity index (χ2v) is 6.38. The van der Waals surface area contributed by atoms with E-state index in [-0.39, 0.29) is 0 Å². The number of hydrogen-bond donors (Lipinski definition) is 1. The van der Waals surface area contributed by atoms with E-state index in [1.807, 2.05) is 6.07 Å². The molecule has 0 amide bonds. The first-order valence-corrected chi connectivity index (χ1v) is 8.14. The number of nitrogens with zero attached hydrogens (tertiary/aromatic N) is 1. The molecule has 2 rings (SSSR count). The Hall–Kier alpha value is -0.800. The summed E-state index contributed by atoms with van der Waals surface area (Å²) >= 11 is 0. The molecule has 0 radical (unpaired) electrons. The Balaban J connectivity index is 1.83. The smallest absolute Gasteiger partial charge is 0.122 e. The lowest BCUT2D eigenvalue weighted by Crippen LogP contribution is -2.36. The average Bonchev–Trinajstić information content (AvgIpc) is 2.85. The van der Waals surface area contributed by atoms with Gasteiger partial charge in [-0.1, -0.05) is 26.2 Å². The zero-order valence-electron chi connectivity index (χ0n) is 13.3. The van der Waals surface area contributed by atoms with Crippen LogP contribution in [-0.4, -0.2) is 31.6 Å². The molecule has 1 saturated carbocycles. The van der Waals surface area contributed by atoms with Crippen LogP contribution in [0.2, 0.25) is 0 Å². The predicted octanol–water partition coefficient (Wildman–Crippen LogP) is 3.83. The van der Waals surface area contributed by atoms with Gasteiger partial charge in [-0.05, 0) is 51.4 Å². The van der Waals surface area contributed by atoms with Crippen LogP contribution < -0.4 is 5.32 Å². The third-order valence-electron chi connectivity index (χ3n) is 4.76. The quantitative estimate of drug-likeness (QED) is 0.802. The van der Waals surface area contributed by atoms with Crippen LogP contribution in [0.25, 0.3) is 0 Å². The Morgan fingerprint density at radius 1 is 1.30 bits per heavy atom. The highest BCUT2D eigenvalue weighted by Crippen LogP contribution is 2.26. The van der Waals surface area contributed by atoms with Crippen molar-refractivity contribution in [3.63, 3.8) is 0 Å². The van der Waals surface area contributed by atoms with Crippen molar-refractivity contribution in [2.75, 3.05) is 20.6 Å². The van der Waals surface area contributed by atoms with Crippen molar-refractivity contribution in [1.82, 2.24) is 10.2 Å². The Labute approximate surface area is 123 Å². The summed E-state index contributed by atoms with van der Waals surface area (Å²) in [5.41, 5.74) is 0. The van der Waals surface area contributed by atoms with Crippen molar-refractivity contribution in [2.24, 2.45) is 5.92 Å². The fraction of sp³-hybridized carbons (Fsp3) is 0.765. The van der Waals surface area contributed by atoms with E-state index < -0.39 is 0 Å². The van der Waals surface area contributed by atoms with Crippen LogP contribution in [-0.2, 0) is 0 Å². The molecule has 1 fully saturated rings. The minimum atomic E-state index is 0.329. The Morgan fingerprint density at radius 2 is 2.15 bits per heavy atom. The van der Waals surface area contributed by atoms with Gasteiger partial charge >= 0.3 is 0 Å². The van der Waals surface area contributed by atoms with E-state index in [2.05, 4.69) is 37.3 Å². The molecule has 1 N–H and O–H groups in total. The largest absolute Gasteiger partial charge is 0.468 e. The first-order valence-electron chi connectivity index (χ1n) is 8.14. The number of likely N-dealkylation sites (N-methyl/N-ethyl adjacent to an activating group) is 1. The van der Waals surface area contributed by atoms with Crippen LogP contribution >= 0.6 is 0 Å². The van der Waals surface area contributed by atoms with Crippen LogP contribution in [0.15, 0.2) is 22.8 Å². The topological polar surface area (TPSA) is 28.4 Å². The molecule has 3 heteroatoms. The van der Waals surface area contributed by atoms with Crippen molar-refractivity contribution in [3.8, 4) is 0 Å². The Bertz CT molecular complexity index is 361. The maximum atomic E-state index is 5.57. The lowest BCUT2D eigenvalue weighted by atomic mass is 9.98. The summed E-state index contributed by atoms with van der Waals surface area (Å²) in [6, 6.07) is 5.06. The van der Waals surface area contributed by atoms with Gasteiger partial charge < -0.3 is 9.73 Å². The predicted molar refractivity (Wildman–Crippen MR) is 83.8 cm³/mol. The molecule has 1 aliphatic rings. The lowest BCUT2D eigenvalue weighted by molar-refractivity contribution is 0.240. The second-order valence-electron chi connectivity index (χ2n) is 6.38. The van der Waals surface area contributed by atoms with Crippen LogP contribution in [0.4, 0.5) is 0 Å². The van der Waals surface area contributed by atoms with Gasteiger partial charge in [-0.25, -0.2) is 0 Å². The summed E-state index contributed by atoms with van der Waals surface area (Å²) in [6.45, 7) is 3.30. The molecule has 1 aliphatic carbocycles. The molecule has 1 aromatic heterocycles. The van der Waals surface area contributed by atoms with Gasteiger partial charge in [0.1, 0.15) is 5.76 Å². The molecule has 1 aromatic rings. The first-order chi connectivity index (χ1) is 9.70. The molecule has 20 heavy (non-hydrogen) atoms. The summed E-state index contributed by atoms with van der Waals surface area (Å²) in [5.74, 6) is 2.01. The molecular formula is C17H30N2O. The molecule has 0 spiro atoms. The zero-order chi connectivity index (χ0) is 14.4. The van der Waals surface area contributed by atoms with E-state index in [4.69, 9.17) is 4.42 Å². The fourth-order valence-corrected chi connectivity index (χ4v) is 3.29. The van der Waals surface area contributed by atoms with Crippen molar-refractivity contribution in [1.29, 1.82) is 0 Å². The van der Waals surface area contributed by atoms with Gasteiger partial charge in [-0.15, -0.1) is 0 Å². The lowest BCUT2D eigenvalue weighted by Gasteiger charge is -2.25. The number of rotatable bonds is 6. The molecule has 3 unspecified atom stereocenters. The summed E-state index contributed by atoms with van der Waals surface area (Å²) in [7, 11) is 4.24. The third kappa shape index (κ3) is 4.35. The van der Waals surface area contributed by atoms with Crippen molar-refractivity contribution >= 4 is 0 Å². The summed E-state index contributed by atoms with van der Waals surface area (Å²) < 4.78 is 5.57. The van der Waals surface area contributed by atoms with E-state index in [0.29, 0.717) is 12.1 Å². The number of hydrogen-bond acceptors (Lipinski definition) is 3.